The van der Waals surface area contributed by atoms with E-state index in [-0.39, 0.29) is 18.0 Å². The van der Waals surface area contributed by atoms with Gasteiger partial charge in [0, 0.05) is 72.6 Å². The summed E-state index contributed by atoms with van der Waals surface area (Å²) in [6.07, 6.45) is 11.9. The molecule has 2 amide bonds. The average Bonchev–Trinajstić information content (AvgIpc) is 4.21. The van der Waals surface area contributed by atoms with Crippen LogP contribution in [0.3, 0.4) is 0 Å². The maximum absolute atomic E-state index is 12.9. The molecule has 2 aliphatic rings. The number of rotatable bonds is 12. The fourth-order valence-electron chi connectivity index (χ4n) is 8.45. The number of aromatic nitrogens is 8. The minimum absolute atomic E-state index is 0.0442. The van der Waals surface area contributed by atoms with E-state index in [1.165, 1.54) is 21.1 Å². The number of aromatic carboxylic acids is 1. The van der Waals surface area contributed by atoms with Gasteiger partial charge >= 0.3 is 12.1 Å². The molecule has 0 saturated heterocycles. The summed E-state index contributed by atoms with van der Waals surface area (Å²) < 4.78 is 19.5. The molecule has 0 bridgehead atoms. The Morgan fingerprint density at radius 2 is 1.16 bits per heavy atom. The maximum Gasteiger partial charge on any atom is 0.408 e. The second-order valence-corrected chi connectivity index (χ2v) is 21.6. The molecule has 6 aromatic heterocycles. The van der Waals surface area contributed by atoms with Gasteiger partial charge in [-0.25, -0.2) is 29.5 Å². The fraction of sp³-hybridized carbons (Fsp3) is 0.327. The molecule has 10 rings (SSSR count). The van der Waals surface area contributed by atoms with E-state index in [1.807, 2.05) is 104 Å². The van der Waals surface area contributed by atoms with Gasteiger partial charge < -0.3 is 40.6 Å². The van der Waals surface area contributed by atoms with Crippen LogP contribution < -0.4 is 21.3 Å². The molecule has 0 fully saturated rings. The van der Waals surface area contributed by atoms with Gasteiger partial charge in [-0.1, -0.05) is 24.3 Å². The molecule has 2 unspecified atom stereocenters. The van der Waals surface area contributed by atoms with Gasteiger partial charge in [0.15, 0.2) is 0 Å². The number of nitrogens with zero attached hydrogens (tertiary/aromatic N) is 8. The number of alkyl carbamates (subject to hydrolysis) is 1. The van der Waals surface area contributed by atoms with Gasteiger partial charge in [-0.15, -0.1) is 22.7 Å². The topological polar surface area (TPSA) is 234 Å². The summed E-state index contributed by atoms with van der Waals surface area (Å²) in [7, 11) is 3.71. The summed E-state index contributed by atoms with van der Waals surface area (Å²) in [5.74, 6) is 0.130. The first-order valence-electron chi connectivity index (χ1n) is 24.7. The van der Waals surface area contributed by atoms with E-state index in [2.05, 4.69) is 76.5 Å². The minimum Gasteiger partial charge on any atom is -0.477 e. The van der Waals surface area contributed by atoms with Gasteiger partial charge in [0.1, 0.15) is 10.5 Å². The van der Waals surface area contributed by atoms with Gasteiger partial charge in [-0.2, -0.15) is 10.2 Å². The lowest BCUT2D eigenvalue weighted by atomic mass is 9.98. The van der Waals surface area contributed by atoms with Crippen molar-refractivity contribution in [2.45, 2.75) is 92.2 Å². The zero-order valence-corrected chi connectivity index (χ0v) is 45.6. The molecule has 76 heavy (non-hydrogen) atoms. The number of carbonyl (C=O) groups excluding carboxylic acids is 2. The number of hydrogen-bond acceptors (Lipinski definition) is 16. The first-order chi connectivity index (χ1) is 36.3. The van der Waals surface area contributed by atoms with E-state index < -0.39 is 17.7 Å². The number of aryl methyl sites for hydroxylation is 4. The van der Waals surface area contributed by atoms with E-state index in [1.54, 1.807) is 51.6 Å². The number of ether oxygens (including phenoxy) is 3. The third kappa shape index (κ3) is 14.5. The van der Waals surface area contributed by atoms with Crippen LogP contribution in [0.2, 0.25) is 0 Å². The van der Waals surface area contributed by atoms with Crippen molar-refractivity contribution in [1.29, 1.82) is 0 Å². The van der Waals surface area contributed by atoms with E-state index >= 15 is 0 Å². The Morgan fingerprint density at radius 3 is 1.59 bits per heavy atom. The number of carboxylic acids is 1. The van der Waals surface area contributed by atoms with Crippen molar-refractivity contribution >= 4 is 63.9 Å². The van der Waals surface area contributed by atoms with Crippen molar-refractivity contribution in [3.8, 4) is 22.5 Å². The molecule has 19 nitrogen and oxygen atoms in total. The Hall–Kier alpha value is -7.85. The first-order valence-corrected chi connectivity index (χ1v) is 26.3. The van der Waals surface area contributed by atoms with Crippen LogP contribution in [0.25, 0.3) is 22.5 Å². The Morgan fingerprint density at radius 1 is 0.684 bits per heavy atom. The molecule has 2 aliphatic heterocycles. The van der Waals surface area contributed by atoms with Crippen molar-refractivity contribution in [1.82, 2.24) is 50.1 Å². The van der Waals surface area contributed by atoms with Gasteiger partial charge in [0.05, 0.1) is 78.5 Å². The largest absolute Gasteiger partial charge is 0.477 e. The molecule has 8 heterocycles. The van der Waals surface area contributed by atoms with Crippen molar-refractivity contribution in [2.75, 3.05) is 23.8 Å². The molecular formula is C55H62N12O7S2. The summed E-state index contributed by atoms with van der Waals surface area (Å²) in [6, 6.07) is 19.4. The van der Waals surface area contributed by atoms with Crippen LogP contribution in [0.4, 0.5) is 28.1 Å². The number of nitrogens with one attached hydrogen (secondary N) is 4. The molecule has 0 spiro atoms. The highest BCUT2D eigenvalue weighted by Crippen LogP contribution is 2.31. The van der Waals surface area contributed by atoms with E-state index in [9.17, 15) is 14.4 Å². The van der Waals surface area contributed by atoms with Gasteiger partial charge in [0.25, 0.3) is 5.91 Å². The second kappa shape index (κ2) is 24.2. The fourth-order valence-corrected chi connectivity index (χ4v) is 10.5. The van der Waals surface area contributed by atoms with Crippen molar-refractivity contribution in [3.63, 3.8) is 0 Å². The van der Waals surface area contributed by atoms with Gasteiger partial charge in [-0.3, -0.25) is 14.2 Å². The number of amides is 2. The second-order valence-electron chi connectivity index (χ2n) is 19.3. The summed E-state index contributed by atoms with van der Waals surface area (Å²) in [4.78, 5) is 56.9. The van der Waals surface area contributed by atoms with Crippen LogP contribution >= 0.6 is 22.7 Å². The number of benzene rings is 2. The zero-order chi connectivity index (χ0) is 54.1. The van der Waals surface area contributed by atoms with Crippen LogP contribution in [-0.4, -0.2) is 81.4 Å². The van der Waals surface area contributed by atoms with Crippen LogP contribution in [0.1, 0.15) is 109 Å². The monoisotopic (exact) mass is 1070 g/mol. The lowest BCUT2D eigenvalue weighted by Crippen LogP contribution is -2.34. The lowest BCUT2D eigenvalue weighted by molar-refractivity contribution is 0.0507. The molecule has 396 valence electrons. The SMILES string of the molecule is Cc1cc(-c2ccnc(Nc3cnn(C)c3)n2)ccc1C(C)NC(=O)OC(C)(C)C.Cc1cc(-c2ccnc(Nc3cnn(C)c3)n2)ccc1C(C)NC(=O)c1cc2c(s1)CCOC2.O=C(O)c1cc2c(s1)CCOC2. The number of anilines is 4. The van der Waals surface area contributed by atoms with Crippen LogP contribution in [0.5, 0.6) is 0 Å². The summed E-state index contributed by atoms with van der Waals surface area (Å²) in [5.41, 5.74) is 11.1. The molecule has 2 aromatic carbocycles. The van der Waals surface area contributed by atoms with E-state index in [0.717, 1.165) is 91.6 Å². The summed E-state index contributed by atoms with van der Waals surface area (Å²) in [5, 5.41) is 29.3. The third-order valence-electron chi connectivity index (χ3n) is 12.1. The molecular weight excluding hydrogens is 1000 g/mol. The number of carbonyl (C=O) groups is 3. The van der Waals surface area contributed by atoms with Crippen molar-refractivity contribution in [3.05, 3.63) is 151 Å². The van der Waals surface area contributed by atoms with Crippen LogP contribution in [0.15, 0.2) is 97.8 Å². The number of thiophene rings is 2. The van der Waals surface area contributed by atoms with Crippen molar-refractivity contribution in [2.24, 2.45) is 14.1 Å². The molecule has 0 aliphatic carbocycles. The van der Waals surface area contributed by atoms with Gasteiger partial charge in [-0.05, 0) is 118 Å². The Labute approximate surface area is 449 Å². The standard InChI is InChI=1S/C25H26N6O2S.C22H28N6O2.C8H8O3S/c1-15-10-17(21-6-8-26-25(30-21)29-19-12-27-31(3)13-19)4-5-20(15)16(2)28-24(32)23-11-18-14-33-9-7-22(18)34-23;1-14-11-16(7-8-18(14)15(2)25-21(29)30-22(3,4)5)19-9-10-23-20(27-19)26-17-12-24-28(6)13-17;9-8(10)7-3-5-4-11-2-1-6(5)12-7/h4-6,8,10-13,16H,7,9,14H2,1-3H3,(H,28,32)(H,26,29,30);7-13,15H,1-6H3,(H,25,29)(H,23,26,27);3H,1-2,4H2,(H,9,10). The zero-order valence-electron chi connectivity index (χ0n) is 43.9. The molecule has 8 aromatic rings. The van der Waals surface area contributed by atoms with E-state index in [0.29, 0.717) is 36.6 Å². The lowest BCUT2D eigenvalue weighted by Gasteiger charge is -2.23. The normalized spacial score (nSPS) is 13.5. The predicted octanol–water partition coefficient (Wildman–Crippen LogP) is 10.6. The molecule has 21 heteroatoms. The molecule has 0 saturated carbocycles. The Balaban J connectivity index is 0.000000166. The maximum atomic E-state index is 12.9. The highest BCUT2D eigenvalue weighted by atomic mass is 32.1. The quantitative estimate of drug-likeness (QED) is 0.0765. The third-order valence-corrected chi connectivity index (χ3v) is 14.5. The Kier molecular flexibility index (Phi) is 17.3. The first kappa shape index (κ1) is 54.4. The summed E-state index contributed by atoms with van der Waals surface area (Å²) >= 11 is 2.93. The predicted molar refractivity (Wildman–Crippen MR) is 293 cm³/mol. The van der Waals surface area contributed by atoms with Crippen LogP contribution in [-0.2, 0) is 54.4 Å². The van der Waals surface area contributed by atoms with Crippen LogP contribution in [0, 0.1) is 13.8 Å². The Bertz CT molecular complexity index is 3290. The molecule has 2 atom stereocenters. The van der Waals surface area contributed by atoms with Crippen molar-refractivity contribution < 1.29 is 33.7 Å². The van der Waals surface area contributed by atoms with Gasteiger partial charge in [0.2, 0.25) is 11.9 Å². The highest BCUT2D eigenvalue weighted by molar-refractivity contribution is 7.14. The molecule has 5 N–H and O–H groups in total. The number of fused-ring (bicyclic) bond motifs is 2. The summed E-state index contributed by atoms with van der Waals surface area (Å²) in [6.45, 7) is 16.2. The average molecular weight is 1070 g/mol. The highest BCUT2D eigenvalue weighted by Gasteiger charge is 2.22. The molecule has 0 radical (unpaired) electrons. The smallest absolute Gasteiger partial charge is 0.408 e. The minimum atomic E-state index is -0.839. The van der Waals surface area contributed by atoms with E-state index in [4.69, 9.17) is 19.3 Å². The number of carboxylic acid groups (broad SMARTS) is 1. The number of hydrogen-bond donors (Lipinski definition) is 5.